The van der Waals surface area contributed by atoms with E-state index in [2.05, 4.69) is 48.4 Å². The van der Waals surface area contributed by atoms with Gasteiger partial charge in [-0.25, -0.2) is 4.98 Å². The molecule has 3 heteroatoms. The molecule has 1 aromatic carbocycles. The van der Waals surface area contributed by atoms with Gasteiger partial charge in [-0.1, -0.05) is 29.8 Å². The first-order valence-electron chi connectivity index (χ1n) is 6.33. The third kappa shape index (κ3) is 3.44. The number of aromatic nitrogens is 1. The van der Waals surface area contributed by atoms with Gasteiger partial charge in [0.05, 0.1) is 5.69 Å². The third-order valence-corrected chi connectivity index (χ3v) is 3.08. The molecule has 1 unspecified atom stereocenters. The van der Waals surface area contributed by atoms with E-state index in [-0.39, 0.29) is 0 Å². The van der Waals surface area contributed by atoms with Crippen molar-refractivity contribution in [2.45, 2.75) is 32.7 Å². The first-order valence-corrected chi connectivity index (χ1v) is 6.33. The van der Waals surface area contributed by atoms with E-state index in [0.29, 0.717) is 6.04 Å². The lowest BCUT2D eigenvalue weighted by Gasteiger charge is -2.05. The molecule has 96 valence electrons. The van der Waals surface area contributed by atoms with E-state index in [9.17, 15) is 0 Å². The number of nitrogens with zero attached hydrogens (tertiary/aromatic N) is 1. The van der Waals surface area contributed by atoms with Crippen LogP contribution in [0.3, 0.4) is 0 Å². The van der Waals surface area contributed by atoms with E-state index < -0.39 is 0 Å². The first-order chi connectivity index (χ1) is 8.67. The Bertz CT molecular complexity index is 487. The second-order valence-corrected chi connectivity index (χ2v) is 4.79. The molecule has 0 radical (unpaired) electrons. The molecule has 0 saturated carbocycles. The number of benzene rings is 1. The van der Waals surface area contributed by atoms with Gasteiger partial charge >= 0.3 is 0 Å². The highest BCUT2D eigenvalue weighted by molar-refractivity contribution is 5.23. The summed E-state index contributed by atoms with van der Waals surface area (Å²) in [5.41, 5.74) is 3.52. The van der Waals surface area contributed by atoms with Crippen molar-refractivity contribution in [2.75, 3.05) is 7.05 Å². The van der Waals surface area contributed by atoms with E-state index >= 15 is 0 Å². The standard InChI is InChI=1S/C15H20N2O/c1-11-4-6-13(7-5-11)9-15-17-14(10-18-15)8-12(2)16-3/h4-7,10,12,16H,8-9H2,1-3H3. The van der Waals surface area contributed by atoms with Crippen LogP contribution in [0.5, 0.6) is 0 Å². The van der Waals surface area contributed by atoms with Crippen LogP contribution in [-0.2, 0) is 12.8 Å². The molecule has 0 spiro atoms. The fourth-order valence-corrected chi connectivity index (χ4v) is 1.82. The molecule has 2 rings (SSSR count). The molecular formula is C15H20N2O. The largest absolute Gasteiger partial charge is 0.448 e. The maximum Gasteiger partial charge on any atom is 0.198 e. The van der Waals surface area contributed by atoms with Gasteiger partial charge in [-0.15, -0.1) is 0 Å². The van der Waals surface area contributed by atoms with Gasteiger partial charge in [0.25, 0.3) is 0 Å². The molecule has 3 nitrogen and oxygen atoms in total. The summed E-state index contributed by atoms with van der Waals surface area (Å²) in [5, 5.41) is 3.20. The molecule has 1 heterocycles. The van der Waals surface area contributed by atoms with Crippen molar-refractivity contribution in [2.24, 2.45) is 0 Å². The molecule has 1 atom stereocenters. The SMILES string of the molecule is CNC(C)Cc1coc(Cc2ccc(C)cc2)n1. The first kappa shape index (κ1) is 12.8. The topological polar surface area (TPSA) is 38.1 Å². The van der Waals surface area contributed by atoms with Crippen molar-refractivity contribution >= 4 is 0 Å². The molecule has 0 saturated heterocycles. The maximum absolute atomic E-state index is 5.51. The van der Waals surface area contributed by atoms with Crippen molar-refractivity contribution in [3.63, 3.8) is 0 Å². The zero-order valence-corrected chi connectivity index (χ0v) is 11.2. The van der Waals surface area contributed by atoms with Gasteiger partial charge in [0.15, 0.2) is 5.89 Å². The monoisotopic (exact) mass is 244 g/mol. The number of rotatable bonds is 5. The predicted octanol–water partition coefficient (Wildman–Crippen LogP) is 2.72. The Morgan fingerprint density at radius 1 is 1.28 bits per heavy atom. The van der Waals surface area contributed by atoms with Gasteiger partial charge < -0.3 is 9.73 Å². The summed E-state index contributed by atoms with van der Waals surface area (Å²) in [4.78, 5) is 4.51. The van der Waals surface area contributed by atoms with Gasteiger partial charge in [-0.2, -0.15) is 0 Å². The molecule has 1 N–H and O–H groups in total. The van der Waals surface area contributed by atoms with Crippen LogP contribution in [0.4, 0.5) is 0 Å². The van der Waals surface area contributed by atoms with Gasteiger partial charge in [-0.3, -0.25) is 0 Å². The van der Waals surface area contributed by atoms with Crippen LogP contribution in [0.25, 0.3) is 0 Å². The van der Waals surface area contributed by atoms with Crippen LogP contribution in [-0.4, -0.2) is 18.1 Å². The highest BCUT2D eigenvalue weighted by atomic mass is 16.3. The lowest BCUT2D eigenvalue weighted by molar-refractivity contribution is 0.505. The summed E-state index contributed by atoms with van der Waals surface area (Å²) in [6, 6.07) is 8.89. The van der Waals surface area contributed by atoms with Crippen molar-refractivity contribution in [1.29, 1.82) is 0 Å². The minimum Gasteiger partial charge on any atom is -0.448 e. The number of aryl methyl sites for hydroxylation is 1. The van der Waals surface area contributed by atoms with E-state index in [1.54, 1.807) is 6.26 Å². The number of likely N-dealkylation sites (N-methyl/N-ethyl adjacent to an activating group) is 1. The summed E-state index contributed by atoms with van der Waals surface area (Å²) < 4.78 is 5.51. The Labute approximate surface area is 108 Å². The Kier molecular flexibility index (Phi) is 4.15. The van der Waals surface area contributed by atoms with E-state index in [0.717, 1.165) is 24.4 Å². The predicted molar refractivity (Wildman–Crippen MR) is 72.7 cm³/mol. The van der Waals surface area contributed by atoms with Gasteiger partial charge in [0.1, 0.15) is 6.26 Å². The Balaban J connectivity index is 2.00. The number of hydrogen-bond acceptors (Lipinski definition) is 3. The molecular weight excluding hydrogens is 224 g/mol. The van der Waals surface area contributed by atoms with Crippen LogP contribution in [0.2, 0.25) is 0 Å². The van der Waals surface area contributed by atoms with E-state index in [4.69, 9.17) is 4.42 Å². The van der Waals surface area contributed by atoms with Crippen LogP contribution >= 0.6 is 0 Å². The van der Waals surface area contributed by atoms with Crippen LogP contribution in [0.15, 0.2) is 34.9 Å². The number of nitrogens with one attached hydrogen (secondary N) is 1. The number of oxazole rings is 1. The molecule has 0 bridgehead atoms. The lowest BCUT2D eigenvalue weighted by atomic mass is 10.1. The third-order valence-electron chi connectivity index (χ3n) is 3.08. The number of hydrogen-bond donors (Lipinski definition) is 1. The molecule has 0 aliphatic carbocycles. The highest BCUT2D eigenvalue weighted by Crippen LogP contribution is 2.11. The minimum absolute atomic E-state index is 0.419. The smallest absolute Gasteiger partial charge is 0.198 e. The second-order valence-electron chi connectivity index (χ2n) is 4.79. The molecule has 0 fully saturated rings. The second kappa shape index (κ2) is 5.83. The van der Waals surface area contributed by atoms with Gasteiger partial charge in [0, 0.05) is 18.9 Å². The zero-order chi connectivity index (χ0) is 13.0. The zero-order valence-electron chi connectivity index (χ0n) is 11.2. The molecule has 0 aliphatic heterocycles. The Hall–Kier alpha value is -1.61. The van der Waals surface area contributed by atoms with Crippen LogP contribution in [0, 0.1) is 6.92 Å². The summed E-state index contributed by atoms with van der Waals surface area (Å²) in [6.45, 7) is 4.22. The molecule has 18 heavy (non-hydrogen) atoms. The van der Waals surface area contributed by atoms with E-state index in [1.807, 2.05) is 7.05 Å². The Morgan fingerprint density at radius 2 is 2.00 bits per heavy atom. The molecule has 0 amide bonds. The quantitative estimate of drug-likeness (QED) is 0.878. The molecule has 2 aromatic rings. The van der Waals surface area contributed by atoms with Crippen molar-refractivity contribution in [3.8, 4) is 0 Å². The van der Waals surface area contributed by atoms with Gasteiger partial charge in [0.2, 0.25) is 0 Å². The summed E-state index contributed by atoms with van der Waals surface area (Å²) in [7, 11) is 1.96. The summed E-state index contributed by atoms with van der Waals surface area (Å²) in [6.07, 6.45) is 3.42. The average Bonchev–Trinajstić information content (AvgIpc) is 2.79. The van der Waals surface area contributed by atoms with Crippen molar-refractivity contribution in [3.05, 3.63) is 53.2 Å². The highest BCUT2D eigenvalue weighted by Gasteiger charge is 2.07. The summed E-state index contributed by atoms with van der Waals surface area (Å²) in [5.74, 6) is 0.789. The average molecular weight is 244 g/mol. The normalized spacial score (nSPS) is 12.6. The Morgan fingerprint density at radius 3 is 2.67 bits per heavy atom. The molecule has 1 aromatic heterocycles. The van der Waals surface area contributed by atoms with Crippen LogP contribution in [0.1, 0.15) is 29.6 Å². The molecule has 0 aliphatic rings. The minimum atomic E-state index is 0.419. The van der Waals surface area contributed by atoms with Crippen molar-refractivity contribution < 1.29 is 4.42 Å². The van der Waals surface area contributed by atoms with Gasteiger partial charge in [-0.05, 0) is 26.5 Å². The van der Waals surface area contributed by atoms with Crippen LogP contribution < -0.4 is 5.32 Å². The maximum atomic E-state index is 5.51. The summed E-state index contributed by atoms with van der Waals surface area (Å²) >= 11 is 0. The van der Waals surface area contributed by atoms with E-state index in [1.165, 1.54) is 11.1 Å². The fourth-order valence-electron chi connectivity index (χ4n) is 1.82. The van der Waals surface area contributed by atoms with Crippen molar-refractivity contribution in [1.82, 2.24) is 10.3 Å². The lowest BCUT2D eigenvalue weighted by Crippen LogP contribution is -2.23. The fraction of sp³-hybridized carbons (Fsp3) is 0.400.